The van der Waals surface area contributed by atoms with Crippen LogP contribution in [0.15, 0.2) is 29.3 Å². The minimum Gasteiger partial charge on any atom is -0.379 e. The van der Waals surface area contributed by atoms with Gasteiger partial charge in [0.15, 0.2) is 5.96 Å². The summed E-state index contributed by atoms with van der Waals surface area (Å²) in [5.74, 6) is 2.91. The Morgan fingerprint density at radius 1 is 1.24 bits per heavy atom. The Morgan fingerprint density at radius 3 is 2.64 bits per heavy atom. The summed E-state index contributed by atoms with van der Waals surface area (Å²) in [7, 11) is 0. The average molecular weight is 497 g/mol. The van der Waals surface area contributed by atoms with E-state index in [4.69, 9.17) is 27.1 Å². The van der Waals surface area contributed by atoms with Crippen molar-refractivity contribution in [1.82, 2.24) is 9.80 Å². The molecule has 2 aliphatic heterocycles. The van der Waals surface area contributed by atoms with E-state index in [9.17, 15) is 0 Å². The topological polar surface area (TPSA) is 54.1 Å². The van der Waals surface area contributed by atoms with Crippen LogP contribution in [0.1, 0.15) is 11.6 Å². The quantitative estimate of drug-likeness (QED) is 0.395. The van der Waals surface area contributed by atoms with E-state index in [1.54, 1.807) is 0 Å². The number of hydrogen-bond acceptors (Lipinski definition) is 4. The maximum absolute atomic E-state index is 6.23. The van der Waals surface area contributed by atoms with Crippen LogP contribution < -0.4 is 5.73 Å². The number of aliphatic imine (C=N–C) groups is 1. The molecule has 2 N–H and O–H groups in total. The van der Waals surface area contributed by atoms with Crippen molar-refractivity contribution in [3.8, 4) is 0 Å². The molecular formula is C17H26ClIN4OS. The lowest BCUT2D eigenvalue weighted by Crippen LogP contribution is -2.44. The highest BCUT2D eigenvalue weighted by Gasteiger charge is 2.23. The van der Waals surface area contributed by atoms with Crippen molar-refractivity contribution in [3.63, 3.8) is 0 Å². The summed E-state index contributed by atoms with van der Waals surface area (Å²) in [4.78, 5) is 9.31. The van der Waals surface area contributed by atoms with Crippen LogP contribution in [0, 0.1) is 0 Å². The summed E-state index contributed by atoms with van der Waals surface area (Å²) in [6, 6.07) is 8.25. The van der Waals surface area contributed by atoms with Gasteiger partial charge in [0.2, 0.25) is 0 Å². The molecule has 3 rings (SSSR count). The molecule has 2 heterocycles. The second-order valence-electron chi connectivity index (χ2n) is 6.02. The smallest absolute Gasteiger partial charge is 0.191 e. The third kappa shape index (κ3) is 6.16. The molecule has 140 valence electrons. The fourth-order valence-electron chi connectivity index (χ4n) is 3.11. The van der Waals surface area contributed by atoms with E-state index in [0.717, 1.165) is 55.9 Å². The molecule has 2 fully saturated rings. The standard InChI is InChI=1S/C17H25ClN4OS.HI/c18-15-3-1-2-14(12-15)16(21-4-8-23-9-5-21)13-20-17(19)22-6-10-24-11-7-22;/h1-3,12,16H,4-11,13H2,(H2,19,20);1H. The van der Waals surface area contributed by atoms with E-state index in [0.29, 0.717) is 12.5 Å². The van der Waals surface area contributed by atoms with Gasteiger partial charge in [-0.15, -0.1) is 24.0 Å². The van der Waals surface area contributed by atoms with Crippen LogP contribution >= 0.6 is 47.3 Å². The molecule has 0 bridgehead atoms. The number of halogens is 2. The van der Waals surface area contributed by atoms with Crippen LogP contribution in [-0.4, -0.2) is 73.2 Å². The van der Waals surface area contributed by atoms with Crippen molar-refractivity contribution in [2.45, 2.75) is 6.04 Å². The highest BCUT2D eigenvalue weighted by molar-refractivity contribution is 14.0. The predicted molar refractivity (Wildman–Crippen MR) is 117 cm³/mol. The van der Waals surface area contributed by atoms with E-state index >= 15 is 0 Å². The second kappa shape index (κ2) is 10.8. The van der Waals surface area contributed by atoms with Crippen LogP contribution in [0.5, 0.6) is 0 Å². The summed E-state index contributed by atoms with van der Waals surface area (Å²) in [5.41, 5.74) is 7.42. The first kappa shape index (κ1) is 21.1. The van der Waals surface area contributed by atoms with Crippen molar-refractivity contribution in [1.29, 1.82) is 0 Å². The molecule has 0 aliphatic carbocycles. The van der Waals surface area contributed by atoms with E-state index in [2.05, 4.69) is 15.9 Å². The number of nitrogens with two attached hydrogens (primary N) is 1. The van der Waals surface area contributed by atoms with Crippen molar-refractivity contribution < 1.29 is 4.74 Å². The Morgan fingerprint density at radius 2 is 1.96 bits per heavy atom. The first-order valence-corrected chi connectivity index (χ1v) is 9.97. The van der Waals surface area contributed by atoms with Crippen LogP contribution in [0.4, 0.5) is 0 Å². The molecule has 5 nitrogen and oxygen atoms in total. The third-order valence-corrected chi connectivity index (χ3v) is 5.66. The summed E-state index contributed by atoms with van der Waals surface area (Å²) < 4.78 is 5.49. The van der Waals surface area contributed by atoms with Gasteiger partial charge in [-0.25, -0.2) is 0 Å². The molecule has 2 aliphatic rings. The van der Waals surface area contributed by atoms with Gasteiger partial charge in [-0.05, 0) is 17.7 Å². The minimum atomic E-state index is 0. The maximum Gasteiger partial charge on any atom is 0.191 e. The van der Waals surface area contributed by atoms with E-state index in [1.165, 1.54) is 5.56 Å². The summed E-state index contributed by atoms with van der Waals surface area (Å²) in [6.45, 7) is 5.97. The van der Waals surface area contributed by atoms with E-state index in [-0.39, 0.29) is 30.0 Å². The molecule has 0 spiro atoms. The number of thioether (sulfide) groups is 1. The zero-order valence-corrected chi connectivity index (χ0v) is 18.2. The van der Waals surface area contributed by atoms with Crippen molar-refractivity contribution in [2.75, 3.05) is 57.4 Å². The molecule has 25 heavy (non-hydrogen) atoms. The van der Waals surface area contributed by atoms with Gasteiger partial charge in [0, 0.05) is 42.7 Å². The molecule has 1 unspecified atom stereocenters. The molecule has 0 radical (unpaired) electrons. The SMILES string of the molecule is I.NC(=NCC(c1cccc(Cl)c1)N1CCOCC1)N1CCSCC1. The Kier molecular flexibility index (Phi) is 9.12. The Bertz CT molecular complexity index is 565. The molecular weight excluding hydrogens is 471 g/mol. The molecule has 1 atom stereocenters. The van der Waals surface area contributed by atoms with Gasteiger partial charge in [0.1, 0.15) is 0 Å². The molecule has 2 saturated heterocycles. The highest BCUT2D eigenvalue weighted by Crippen LogP contribution is 2.25. The maximum atomic E-state index is 6.23. The lowest BCUT2D eigenvalue weighted by molar-refractivity contribution is 0.0179. The number of benzene rings is 1. The van der Waals surface area contributed by atoms with Gasteiger partial charge in [-0.2, -0.15) is 11.8 Å². The molecule has 0 saturated carbocycles. The number of morpholine rings is 1. The van der Waals surface area contributed by atoms with Gasteiger partial charge in [-0.1, -0.05) is 23.7 Å². The van der Waals surface area contributed by atoms with Gasteiger partial charge in [-0.3, -0.25) is 9.89 Å². The lowest BCUT2D eigenvalue weighted by atomic mass is 10.0. The largest absolute Gasteiger partial charge is 0.379 e. The summed E-state index contributed by atoms with van der Waals surface area (Å²) >= 11 is 8.17. The number of hydrogen-bond donors (Lipinski definition) is 1. The first-order chi connectivity index (χ1) is 11.7. The van der Waals surface area contributed by atoms with Crippen molar-refractivity contribution in [3.05, 3.63) is 34.9 Å². The Balaban J connectivity index is 0.00000225. The average Bonchev–Trinajstić information content (AvgIpc) is 2.63. The summed E-state index contributed by atoms with van der Waals surface area (Å²) in [5, 5.41) is 0.760. The molecule has 8 heteroatoms. The first-order valence-electron chi connectivity index (χ1n) is 8.44. The van der Waals surface area contributed by atoms with Gasteiger partial charge >= 0.3 is 0 Å². The highest BCUT2D eigenvalue weighted by atomic mass is 127. The monoisotopic (exact) mass is 496 g/mol. The van der Waals surface area contributed by atoms with Gasteiger partial charge < -0.3 is 15.4 Å². The zero-order valence-electron chi connectivity index (χ0n) is 14.3. The number of ether oxygens (including phenoxy) is 1. The van der Waals surface area contributed by atoms with Gasteiger partial charge in [0.25, 0.3) is 0 Å². The van der Waals surface area contributed by atoms with E-state index in [1.807, 2.05) is 30.0 Å². The lowest BCUT2D eigenvalue weighted by Gasteiger charge is -2.34. The van der Waals surface area contributed by atoms with Gasteiger partial charge in [0.05, 0.1) is 25.8 Å². The Labute approximate surface area is 176 Å². The number of guanidine groups is 1. The molecule has 0 amide bonds. The fraction of sp³-hybridized carbons (Fsp3) is 0.588. The normalized spacial score (nSPS) is 20.8. The van der Waals surface area contributed by atoms with Crippen molar-refractivity contribution in [2.24, 2.45) is 10.7 Å². The van der Waals surface area contributed by atoms with E-state index < -0.39 is 0 Å². The Hall–Kier alpha value is -0.220. The summed E-state index contributed by atoms with van der Waals surface area (Å²) in [6.07, 6.45) is 0. The second-order valence-corrected chi connectivity index (χ2v) is 7.68. The molecule has 1 aromatic rings. The van der Waals surface area contributed by atoms with Crippen LogP contribution in [0.3, 0.4) is 0 Å². The zero-order chi connectivity index (χ0) is 16.8. The number of rotatable bonds is 4. The number of nitrogens with zero attached hydrogens (tertiary/aromatic N) is 3. The predicted octanol–water partition coefficient (Wildman–Crippen LogP) is 2.69. The third-order valence-electron chi connectivity index (χ3n) is 4.48. The minimum absolute atomic E-state index is 0. The molecule has 1 aromatic carbocycles. The van der Waals surface area contributed by atoms with Crippen molar-refractivity contribution >= 4 is 53.3 Å². The fourth-order valence-corrected chi connectivity index (χ4v) is 4.21. The molecule has 0 aromatic heterocycles. The van der Waals surface area contributed by atoms with Crippen LogP contribution in [-0.2, 0) is 4.74 Å². The van der Waals surface area contributed by atoms with Crippen LogP contribution in [0.2, 0.25) is 5.02 Å². The van der Waals surface area contributed by atoms with Crippen LogP contribution in [0.25, 0.3) is 0 Å².